The van der Waals surface area contributed by atoms with Crippen LogP contribution in [0.4, 0.5) is 26.3 Å². The number of hydrogen-bond acceptors (Lipinski definition) is 12. The van der Waals surface area contributed by atoms with Gasteiger partial charge in [-0.2, -0.15) is 0 Å². The number of pyridine rings is 6. The molecule has 2 saturated carbocycles. The third kappa shape index (κ3) is 35.9. The molecule has 13 aromatic rings. The summed E-state index contributed by atoms with van der Waals surface area (Å²) in [5, 5.41) is 23.1. The van der Waals surface area contributed by atoms with Crippen LogP contribution in [0.5, 0.6) is 0 Å². The number of rotatable bonds is 34. The lowest BCUT2D eigenvalue weighted by Crippen LogP contribution is -2.50. The minimum Gasteiger partial charge on any atom is -0.349 e. The number of aryl methyl sites for hydroxylation is 2. The van der Waals surface area contributed by atoms with E-state index < -0.39 is 29.6 Å². The van der Waals surface area contributed by atoms with Gasteiger partial charge in [0.15, 0.2) is 0 Å². The molecular formula is C124H154F6N12O6. The van der Waals surface area contributed by atoms with E-state index in [0.717, 1.165) is 110 Å². The van der Waals surface area contributed by atoms with Gasteiger partial charge in [-0.3, -0.25) is 58.7 Å². The number of benzene rings is 7. The fourth-order valence-corrected chi connectivity index (χ4v) is 20.5. The van der Waals surface area contributed by atoms with Gasteiger partial charge in [-0.05, 0) is 285 Å². The first-order chi connectivity index (χ1) is 69.7. The molecule has 18 nitrogen and oxygen atoms in total. The van der Waals surface area contributed by atoms with Crippen LogP contribution in [0.15, 0.2) is 243 Å². The molecule has 0 spiro atoms. The number of halogens is 6. The van der Waals surface area contributed by atoms with Crippen LogP contribution < -0.4 is 31.9 Å². The zero-order valence-electron chi connectivity index (χ0n) is 90.7. The third-order valence-corrected chi connectivity index (χ3v) is 27.0. The highest BCUT2D eigenvalue weighted by Crippen LogP contribution is 2.52. The first-order valence-corrected chi connectivity index (χ1v) is 52.2. The number of hydrogen-bond donors (Lipinski definition) is 6. The van der Waals surface area contributed by atoms with Gasteiger partial charge in [0.25, 0.3) is 35.4 Å². The summed E-state index contributed by atoms with van der Waals surface area (Å²) in [4.78, 5) is 101. The number of alkyl halides is 2. The number of amides is 6. The van der Waals surface area contributed by atoms with Gasteiger partial charge < -0.3 is 31.9 Å². The molecule has 0 saturated heterocycles. The SMILES string of the molecule is C=C(C)CC(C)(CC(C)C)NC(=O)c1cnc2ccccc2c1.CC(C)=CCC(C)(CC(C)C)NC(=O)c1cnc2c(F)cccc2c1.CC(C)CC(C)(CCc1ccccc1)NC(=O)c1cnc2c(F)cccc2c1.CC(C)CC(CC(C)C)NC(=O)c1cnc2c(F)cccc2c1.CC(F)(F)CC(C)(CC1(C)CC1)NC(=O)c1cnc2c(F)cccc2c1.Cc1cccc2cc(C(=O)NC(C)(C)C3CCCCC3)cnc12. The molecule has 148 heavy (non-hydrogen) atoms. The summed E-state index contributed by atoms with van der Waals surface area (Å²) in [7, 11) is 0. The molecule has 2 aliphatic rings. The van der Waals surface area contributed by atoms with Crippen LogP contribution in [0.25, 0.3) is 65.4 Å². The van der Waals surface area contributed by atoms with Crippen LogP contribution in [0.3, 0.4) is 0 Å². The standard InChI is InChI=1S/C24H27FN2O.C21H27FN2O.C20H23F3N2O.2C20H26N2O.C19H25FN2O/c1-17(2)15-24(3,13-12-18-8-5-4-6-9-18)27-23(28)20-14-19-10-7-11-21(25)22(19)26-16-20;1-14(2)9-10-21(5,12-15(3)4)24-20(25)17-11-16-7-6-8-18(22)19(16)23-13-17;1-18(7-8-18)11-19(2,12-20(3,22)23)25-17(26)14-9-13-5-4-6-15(21)16(13)24-10-14;1-14-8-7-9-15-12-16(13-21-18(14)15)19(23)22-20(2,3)17-10-5-4-6-11-17;1-14(2)11-20(5,12-15(3)4)22-19(23)17-10-16-8-6-7-9-18(16)21-13-17;1-12(2)8-16(9-13(3)4)22-19(23)15-10-14-6-5-7-17(20)18(14)21-11-15/h4-11,14,16-17H,12-13,15H2,1-3H3,(H,27,28);6-9,11,13,15H,10,12H2,1-5H3,(H,24,25);4-6,9-10H,7-8,11-12H2,1-3H3,(H,25,26);7-9,12-13,17H,4-6,10-11H2,1-3H3,(H,22,23);6-10,13,15H,1,11-12H2,2-5H3,(H,22,23);5-7,10-13,16H,8-9H2,1-4H3,(H,22,23). The first kappa shape index (κ1) is 117. The van der Waals surface area contributed by atoms with Crippen molar-refractivity contribution in [1.82, 2.24) is 61.8 Å². The van der Waals surface area contributed by atoms with E-state index in [2.05, 4.69) is 204 Å². The molecule has 6 aromatic heterocycles. The van der Waals surface area contributed by atoms with Crippen molar-refractivity contribution in [3.8, 4) is 0 Å². The Morgan fingerprint density at radius 3 is 1.18 bits per heavy atom. The number of para-hydroxylation sites is 6. The molecule has 4 atom stereocenters. The Kier molecular flexibility index (Phi) is 41.2. The Labute approximate surface area is 871 Å². The van der Waals surface area contributed by atoms with Gasteiger partial charge in [-0.1, -0.05) is 228 Å². The predicted octanol–water partition coefficient (Wildman–Crippen LogP) is 29.8. The van der Waals surface area contributed by atoms with Gasteiger partial charge in [0.05, 0.1) is 44.4 Å². The molecule has 6 amide bonds. The molecule has 4 unspecified atom stereocenters. The number of carbonyl (C=O) groups is 6. The number of nitrogens with one attached hydrogen (secondary N) is 6. The van der Waals surface area contributed by atoms with Gasteiger partial charge in [0.1, 0.15) is 45.3 Å². The van der Waals surface area contributed by atoms with E-state index >= 15 is 0 Å². The summed E-state index contributed by atoms with van der Waals surface area (Å²) in [5.74, 6) is -2.54. The van der Waals surface area contributed by atoms with Gasteiger partial charge in [-0.25, -0.2) is 26.3 Å². The molecule has 7 aromatic carbocycles. The maximum atomic E-state index is 13.8. The highest BCUT2D eigenvalue weighted by molar-refractivity contribution is 6.02. The van der Waals surface area contributed by atoms with Crippen LogP contribution in [-0.2, 0) is 6.42 Å². The van der Waals surface area contributed by atoms with E-state index in [1.54, 1.807) is 80.0 Å². The normalized spacial score (nSPS) is 14.6. The first-order valence-electron chi connectivity index (χ1n) is 52.2. The van der Waals surface area contributed by atoms with Crippen molar-refractivity contribution in [3.05, 3.63) is 311 Å². The van der Waals surface area contributed by atoms with E-state index in [0.29, 0.717) is 96.8 Å². The molecule has 24 heteroatoms. The highest BCUT2D eigenvalue weighted by atomic mass is 19.3. The average Bonchev–Trinajstić information content (AvgIpc) is 1.65. The molecule has 0 aliphatic heterocycles. The van der Waals surface area contributed by atoms with Crippen LogP contribution >= 0.6 is 0 Å². The lowest BCUT2D eigenvalue weighted by molar-refractivity contribution is -0.0167. The van der Waals surface area contributed by atoms with Crippen molar-refractivity contribution in [2.45, 2.75) is 308 Å². The number of aromatic nitrogens is 6. The Hall–Kier alpha value is -13.1. The molecule has 788 valence electrons. The monoisotopic (exact) mass is 2020 g/mol. The number of nitrogens with zero attached hydrogens (tertiary/aromatic N) is 6. The quantitative estimate of drug-likeness (QED) is 0.0163. The molecule has 6 heterocycles. The van der Waals surface area contributed by atoms with Crippen molar-refractivity contribution in [2.75, 3.05) is 0 Å². The van der Waals surface area contributed by atoms with E-state index in [1.165, 1.54) is 104 Å². The van der Waals surface area contributed by atoms with E-state index in [9.17, 15) is 55.1 Å². The molecular weight excluding hydrogens is 1870 g/mol. The number of carbonyl (C=O) groups excluding carboxylic acids is 6. The van der Waals surface area contributed by atoms with Crippen molar-refractivity contribution < 1.29 is 55.1 Å². The molecule has 0 bridgehead atoms. The number of fused-ring (bicyclic) bond motifs is 6. The van der Waals surface area contributed by atoms with Crippen molar-refractivity contribution in [1.29, 1.82) is 0 Å². The average molecular weight is 2020 g/mol. The number of allylic oxidation sites excluding steroid dienone is 1. The maximum absolute atomic E-state index is 13.8. The summed E-state index contributed by atoms with van der Waals surface area (Å²) in [5.41, 5.74) is 8.30. The van der Waals surface area contributed by atoms with Gasteiger partial charge >= 0.3 is 0 Å². The van der Waals surface area contributed by atoms with E-state index in [1.807, 2.05) is 93.6 Å². The largest absolute Gasteiger partial charge is 0.349 e. The summed E-state index contributed by atoms with van der Waals surface area (Å²) >= 11 is 0. The third-order valence-electron chi connectivity index (χ3n) is 27.0. The molecule has 0 radical (unpaired) electrons. The van der Waals surface area contributed by atoms with Crippen molar-refractivity contribution >= 4 is 101 Å². The smallest absolute Gasteiger partial charge is 0.253 e. The second-order valence-corrected chi connectivity index (χ2v) is 45.6. The van der Waals surface area contributed by atoms with E-state index in [-0.39, 0.29) is 103 Å². The summed E-state index contributed by atoms with van der Waals surface area (Å²) < 4.78 is 82.4. The predicted molar refractivity (Wildman–Crippen MR) is 591 cm³/mol. The van der Waals surface area contributed by atoms with Gasteiger partial charge in [-0.15, -0.1) is 6.58 Å². The van der Waals surface area contributed by atoms with Crippen LogP contribution in [0.2, 0.25) is 0 Å². The Morgan fingerprint density at radius 2 is 0.764 bits per heavy atom. The van der Waals surface area contributed by atoms with Gasteiger partial charge in [0, 0.05) is 110 Å². The second-order valence-electron chi connectivity index (χ2n) is 45.6. The molecule has 6 N–H and O–H groups in total. The van der Waals surface area contributed by atoms with Gasteiger partial charge in [0.2, 0.25) is 5.92 Å². The lowest BCUT2D eigenvalue weighted by atomic mass is 9.76. The topological polar surface area (TPSA) is 252 Å². The van der Waals surface area contributed by atoms with Crippen LogP contribution in [0.1, 0.15) is 328 Å². The fourth-order valence-electron chi connectivity index (χ4n) is 20.5. The minimum atomic E-state index is -2.89. The van der Waals surface area contributed by atoms with E-state index in [4.69, 9.17) is 0 Å². The maximum Gasteiger partial charge on any atom is 0.253 e. The molecule has 15 rings (SSSR count). The highest BCUT2D eigenvalue weighted by Gasteiger charge is 2.47. The van der Waals surface area contributed by atoms with Crippen molar-refractivity contribution in [3.63, 3.8) is 0 Å². The Balaban J connectivity index is 0.000000182. The second kappa shape index (κ2) is 52.2. The fraction of sp³-hybridized carbons (Fsp3) is 0.435. The zero-order valence-corrected chi connectivity index (χ0v) is 90.7. The minimum absolute atomic E-state index is 0.00194. The lowest BCUT2D eigenvalue weighted by Gasteiger charge is -2.37. The summed E-state index contributed by atoms with van der Waals surface area (Å²) in [6, 6.07) is 53.6. The van der Waals surface area contributed by atoms with Crippen LogP contribution in [-0.4, -0.2) is 105 Å². The molecule has 2 fully saturated rings. The summed E-state index contributed by atoms with van der Waals surface area (Å²) in [6.45, 7) is 48.9. The molecule has 2 aliphatic carbocycles. The Bertz CT molecular complexity index is 6770. The summed E-state index contributed by atoms with van der Waals surface area (Å²) in [6.07, 6.45) is 27.3. The Morgan fingerprint density at radius 1 is 0.412 bits per heavy atom. The van der Waals surface area contributed by atoms with Crippen LogP contribution in [0, 0.1) is 71.1 Å². The zero-order chi connectivity index (χ0) is 108. The van der Waals surface area contributed by atoms with Crippen molar-refractivity contribution in [2.24, 2.45) is 40.9 Å².